The quantitative estimate of drug-likeness (QED) is 0.179. The Balaban J connectivity index is 1.84. The van der Waals surface area contributed by atoms with Crippen LogP contribution in [0.3, 0.4) is 0 Å². The Labute approximate surface area is 282 Å². The van der Waals surface area contributed by atoms with E-state index in [-0.39, 0.29) is 39.5 Å². The lowest BCUT2D eigenvalue weighted by atomic mass is 10.0. The molecule has 46 heavy (non-hydrogen) atoms. The first-order valence-corrected chi connectivity index (χ1v) is 17.1. The van der Waals surface area contributed by atoms with Crippen LogP contribution in [0.2, 0.25) is 10.0 Å². The predicted molar refractivity (Wildman–Crippen MR) is 186 cm³/mol. The Morgan fingerprint density at radius 2 is 1.39 bits per heavy atom. The van der Waals surface area contributed by atoms with E-state index in [0.29, 0.717) is 0 Å². The number of sulfonamides is 1. The van der Waals surface area contributed by atoms with Crippen LogP contribution in [0.1, 0.15) is 43.0 Å². The van der Waals surface area contributed by atoms with Gasteiger partial charge >= 0.3 is 0 Å². The first kappa shape index (κ1) is 35.0. The van der Waals surface area contributed by atoms with Gasteiger partial charge in [0, 0.05) is 23.5 Å². The molecular formula is C36H39Cl2N3O4S. The summed E-state index contributed by atoms with van der Waals surface area (Å²) in [6, 6.07) is 26.9. The van der Waals surface area contributed by atoms with Gasteiger partial charge in [-0.2, -0.15) is 0 Å². The number of nitrogens with one attached hydrogen (secondary N) is 1. The molecule has 10 heteroatoms. The van der Waals surface area contributed by atoms with Crippen molar-refractivity contribution in [1.82, 2.24) is 10.2 Å². The molecule has 0 fully saturated rings. The molecule has 0 aliphatic heterocycles. The molecule has 4 aromatic rings. The fourth-order valence-electron chi connectivity index (χ4n) is 4.92. The van der Waals surface area contributed by atoms with Gasteiger partial charge in [0.15, 0.2) is 0 Å². The summed E-state index contributed by atoms with van der Waals surface area (Å²) in [5.74, 6) is -0.942. The summed E-state index contributed by atoms with van der Waals surface area (Å²) >= 11 is 12.9. The first-order valence-electron chi connectivity index (χ1n) is 14.9. The lowest BCUT2D eigenvalue weighted by Gasteiger charge is -2.35. The van der Waals surface area contributed by atoms with Crippen molar-refractivity contribution in [2.75, 3.05) is 10.8 Å². The van der Waals surface area contributed by atoms with Gasteiger partial charge in [-0.05, 0) is 76.1 Å². The highest BCUT2D eigenvalue weighted by Gasteiger charge is 2.36. The van der Waals surface area contributed by atoms with Gasteiger partial charge in [0.2, 0.25) is 11.8 Å². The van der Waals surface area contributed by atoms with Gasteiger partial charge in [-0.1, -0.05) is 101 Å². The Hall–Kier alpha value is -3.85. The Morgan fingerprint density at radius 3 is 1.98 bits per heavy atom. The number of amides is 2. The summed E-state index contributed by atoms with van der Waals surface area (Å²) in [6.45, 7) is 8.86. The normalized spacial score (nSPS) is 12.3. The molecular weight excluding hydrogens is 641 g/mol. The van der Waals surface area contributed by atoms with E-state index in [1.807, 2.05) is 89.2 Å². The van der Waals surface area contributed by atoms with Crippen molar-refractivity contribution in [1.29, 1.82) is 0 Å². The number of hydrogen-bond acceptors (Lipinski definition) is 4. The molecule has 0 saturated heterocycles. The molecule has 0 bridgehead atoms. The number of carbonyl (C=O) groups excluding carboxylic acids is 2. The molecule has 7 nitrogen and oxygen atoms in total. The molecule has 4 rings (SSSR count). The summed E-state index contributed by atoms with van der Waals surface area (Å²) in [5, 5.41) is 3.38. The SMILES string of the molecule is Cc1ccc(CN(C(=O)CN(c2cc(Cl)ccc2Cl)S(=O)(=O)c2ccc(C)cc2)[C@@H](Cc2ccccc2)C(=O)NC(C)(C)C)cc1. The van der Waals surface area contributed by atoms with Crippen LogP contribution in [0.25, 0.3) is 0 Å². The lowest BCUT2D eigenvalue weighted by Crippen LogP contribution is -2.56. The van der Waals surface area contributed by atoms with Crippen LogP contribution < -0.4 is 9.62 Å². The number of carbonyl (C=O) groups is 2. The van der Waals surface area contributed by atoms with Crippen molar-refractivity contribution in [3.63, 3.8) is 0 Å². The molecule has 0 unspecified atom stereocenters. The van der Waals surface area contributed by atoms with Crippen LogP contribution in [-0.2, 0) is 32.6 Å². The fourth-order valence-corrected chi connectivity index (χ4v) is 6.79. The third kappa shape index (κ3) is 9.12. The zero-order chi connectivity index (χ0) is 33.6. The van der Waals surface area contributed by atoms with Crippen LogP contribution >= 0.6 is 23.2 Å². The van der Waals surface area contributed by atoms with Gasteiger partial charge in [-0.3, -0.25) is 13.9 Å². The molecule has 0 spiro atoms. The van der Waals surface area contributed by atoms with E-state index >= 15 is 0 Å². The number of hydrogen-bond donors (Lipinski definition) is 1. The molecule has 0 radical (unpaired) electrons. The molecule has 0 aliphatic carbocycles. The van der Waals surface area contributed by atoms with E-state index in [1.54, 1.807) is 18.2 Å². The smallest absolute Gasteiger partial charge is 0.264 e. The minimum atomic E-state index is -4.31. The summed E-state index contributed by atoms with van der Waals surface area (Å²) < 4.78 is 29.4. The van der Waals surface area contributed by atoms with Crippen LogP contribution in [0.15, 0.2) is 102 Å². The second-order valence-electron chi connectivity index (χ2n) is 12.4. The first-order chi connectivity index (χ1) is 21.6. The zero-order valence-corrected chi connectivity index (χ0v) is 29.0. The lowest BCUT2D eigenvalue weighted by molar-refractivity contribution is -0.140. The number of rotatable bonds is 11. The highest BCUT2D eigenvalue weighted by molar-refractivity contribution is 7.92. The van der Waals surface area contributed by atoms with Gasteiger partial charge in [0.1, 0.15) is 12.6 Å². The number of aryl methyl sites for hydroxylation is 2. The van der Waals surface area contributed by atoms with E-state index in [0.717, 1.165) is 26.6 Å². The number of benzene rings is 4. The van der Waals surface area contributed by atoms with E-state index in [9.17, 15) is 18.0 Å². The fraction of sp³-hybridized carbons (Fsp3) is 0.278. The van der Waals surface area contributed by atoms with Crippen molar-refractivity contribution in [3.05, 3.63) is 129 Å². The highest BCUT2D eigenvalue weighted by Crippen LogP contribution is 2.33. The average molecular weight is 681 g/mol. The molecule has 0 aromatic heterocycles. The van der Waals surface area contributed by atoms with Crippen molar-refractivity contribution >= 4 is 50.7 Å². The Morgan fingerprint density at radius 1 is 0.804 bits per heavy atom. The number of nitrogens with zero attached hydrogens (tertiary/aromatic N) is 2. The second-order valence-corrected chi connectivity index (χ2v) is 15.1. The van der Waals surface area contributed by atoms with Crippen molar-refractivity contribution in [3.8, 4) is 0 Å². The molecule has 4 aromatic carbocycles. The zero-order valence-electron chi connectivity index (χ0n) is 26.6. The standard InChI is InChI=1S/C36H39Cl2N3O4S/c1-25-11-15-28(16-12-25)23-40(33(35(43)39-36(3,4)5)21-27-9-7-6-8-10-27)34(42)24-41(32-22-29(37)17-20-31(32)38)46(44,45)30-18-13-26(2)14-19-30/h6-20,22,33H,21,23-24H2,1-5H3,(H,39,43)/t33-/m0/s1. The summed E-state index contributed by atoms with van der Waals surface area (Å²) in [6.07, 6.45) is 0.211. The minimum Gasteiger partial charge on any atom is -0.350 e. The van der Waals surface area contributed by atoms with E-state index in [4.69, 9.17) is 23.2 Å². The van der Waals surface area contributed by atoms with Gasteiger partial charge in [0.05, 0.1) is 15.6 Å². The summed E-state index contributed by atoms with van der Waals surface area (Å²) in [5.41, 5.74) is 3.02. The maximum atomic E-state index is 14.6. The predicted octanol–water partition coefficient (Wildman–Crippen LogP) is 7.36. The van der Waals surface area contributed by atoms with Gasteiger partial charge < -0.3 is 10.2 Å². The topological polar surface area (TPSA) is 86.8 Å². The molecule has 0 aliphatic rings. The average Bonchev–Trinajstić information content (AvgIpc) is 2.99. The Bertz CT molecular complexity index is 1770. The maximum absolute atomic E-state index is 14.6. The largest absolute Gasteiger partial charge is 0.350 e. The van der Waals surface area contributed by atoms with Gasteiger partial charge in [-0.25, -0.2) is 8.42 Å². The third-order valence-electron chi connectivity index (χ3n) is 7.31. The minimum absolute atomic E-state index is 0.0154. The number of anilines is 1. The van der Waals surface area contributed by atoms with Crippen LogP contribution in [0.4, 0.5) is 5.69 Å². The molecule has 1 atom stereocenters. The highest BCUT2D eigenvalue weighted by atomic mass is 35.5. The van der Waals surface area contributed by atoms with Crippen LogP contribution in [0.5, 0.6) is 0 Å². The summed E-state index contributed by atoms with van der Waals surface area (Å²) in [4.78, 5) is 30.0. The summed E-state index contributed by atoms with van der Waals surface area (Å²) in [7, 11) is -4.31. The Kier molecular flexibility index (Phi) is 11.2. The maximum Gasteiger partial charge on any atom is 0.264 e. The van der Waals surface area contributed by atoms with Gasteiger partial charge in [-0.15, -0.1) is 0 Å². The number of halogens is 2. The van der Waals surface area contributed by atoms with Crippen molar-refractivity contribution in [2.45, 2.75) is 64.1 Å². The molecule has 0 heterocycles. The molecule has 242 valence electrons. The molecule has 0 saturated carbocycles. The van der Waals surface area contributed by atoms with Crippen molar-refractivity contribution < 1.29 is 18.0 Å². The van der Waals surface area contributed by atoms with Crippen LogP contribution in [-0.4, -0.2) is 43.3 Å². The van der Waals surface area contributed by atoms with E-state index in [2.05, 4.69) is 5.32 Å². The second kappa shape index (κ2) is 14.7. The van der Waals surface area contributed by atoms with E-state index < -0.39 is 34.1 Å². The third-order valence-corrected chi connectivity index (χ3v) is 9.64. The van der Waals surface area contributed by atoms with Crippen molar-refractivity contribution in [2.24, 2.45) is 0 Å². The van der Waals surface area contributed by atoms with Crippen LogP contribution in [0, 0.1) is 13.8 Å². The van der Waals surface area contributed by atoms with E-state index in [1.165, 1.54) is 29.2 Å². The molecule has 2 amide bonds. The monoisotopic (exact) mass is 679 g/mol. The van der Waals surface area contributed by atoms with Gasteiger partial charge in [0.25, 0.3) is 10.0 Å². The molecule has 1 N–H and O–H groups in total.